The number of ether oxygens (including phenoxy) is 1. The Morgan fingerprint density at radius 3 is 2.68 bits per heavy atom. The summed E-state index contributed by atoms with van der Waals surface area (Å²) in [6, 6.07) is 8.87. The molecular formula is C27H37N3O4. The van der Waals surface area contributed by atoms with Crippen molar-refractivity contribution in [2.45, 2.75) is 57.4 Å². The van der Waals surface area contributed by atoms with E-state index in [0.717, 1.165) is 44.3 Å². The van der Waals surface area contributed by atoms with Gasteiger partial charge < -0.3 is 20.3 Å². The van der Waals surface area contributed by atoms with E-state index in [1.54, 1.807) is 0 Å². The highest BCUT2D eigenvalue weighted by molar-refractivity contribution is 5.86. The Hall–Kier alpha value is -2.85. The van der Waals surface area contributed by atoms with Gasteiger partial charge in [0.1, 0.15) is 6.04 Å². The lowest BCUT2D eigenvalue weighted by atomic mass is 9.92. The number of nitrogens with one attached hydrogen (secondary N) is 2. The zero-order valence-electron chi connectivity index (χ0n) is 20.0. The summed E-state index contributed by atoms with van der Waals surface area (Å²) in [6.45, 7) is 3.35. The molecule has 0 unspecified atom stereocenters. The largest absolute Gasteiger partial charge is 0.464 e. The van der Waals surface area contributed by atoms with Crippen LogP contribution in [0.1, 0.15) is 50.5 Å². The van der Waals surface area contributed by atoms with E-state index < -0.39 is 12.0 Å². The van der Waals surface area contributed by atoms with Gasteiger partial charge in [0.05, 0.1) is 12.5 Å². The van der Waals surface area contributed by atoms with Gasteiger partial charge in [0, 0.05) is 32.4 Å². The number of terminal acetylenes is 1. The Morgan fingerprint density at radius 2 is 1.94 bits per heavy atom. The van der Waals surface area contributed by atoms with Crippen LogP contribution in [0, 0.1) is 24.2 Å². The molecule has 2 aliphatic heterocycles. The van der Waals surface area contributed by atoms with Gasteiger partial charge in [-0.3, -0.25) is 9.59 Å². The minimum absolute atomic E-state index is 0.0710. The molecule has 2 amide bonds. The molecule has 2 heterocycles. The van der Waals surface area contributed by atoms with Gasteiger partial charge in [-0.25, -0.2) is 4.79 Å². The Morgan fingerprint density at radius 1 is 1.18 bits per heavy atom. The number of amides is 2. The van der Waals surface area contributed by atoms with Crippen LogP contribution in [-0.2, 0) is 25.5 Å². The molecule has 0 bridgehead atoms. The van der Waals surface area contributed by atoms with Crippen LogP contribution in [0.3, 0.4) is 0 Å². The molecule has 3 rings (SSSR count). The van der Waals surface area contributed by atoms with E-state index >= 15 is 0 Å². The Balaban J connectivity index is 1.44. The van der Waals surface area contributed by atoms with Crippen LogP contribution in [0.4, 0.5) is 0 Å². The monoisotopic (exact) mass is 467 g/mol. The molecule has 2 fully saturated rings. The summed E-state index contributed by atoms with van der Waals surface area (Å²) in [7, 11) is 0. The summed E-state index contributed by atoms with van der Waals surface area (Å²) in [5, 5.41) is 6.13. The van der Waals surface area contributed by atoms with Crippen LogP contribution in [0.15, 0.2) is 30.3 Å². The van der Waals surface area contributed by atoms with Crippen molar-refractivity contribution in [1.82, 2.24) is 15.5 Å². The SMILES string of the molecule is C#CC[C@H](NC(=O)[C@@H]1CCCN(C(=O)CCC2CCNCC2)C1)C(=O)OCCc1ccccc1. The zero-order valence-corrected chi connectivity index (χ0v) is 20.0. The molecule has 0 radical (unpaired) electrons. The lowest BCUT2D eigenvalue weighted by Gasteiger charge is -2.33. The highest BCUT2D eigenvalue weighted by Crippen LogP contribution is 2.22. The standard InChI is InChI=1S/C27H37N3O4/c1-2-7-24(27(33)34-19-15-21-8-4-3-5-9-21)29-26(32)23-10-6-18-30(20-23)25(31)12-11-22-13-16-28-17-14-22/h1,3-5,8-9,22-24,28H,6-7,10-20H2,(H,29,32)/t23-,24+/m1/s1. The molecule has 7 nitrogen and oxygen atoms in total. The van der Waals surface area contributed by atoms with Crippen LogP contribution in [-0.4, -0.2) is 61.5 Å². The van der Waals surface area contributed by atoms with Gasteiger partial charge >= 0.3 is 5.97 Å². The van der Waals surface area contributed by atoms with Gasteiger partial charge in [-0.05, 0) is 56.7 Å². The third-order valence-corrected chi connectivity index (χ3v) is 6.77. The average molecular weight is 468 g/mol. The second kappa shape index (κ2) is 13.8. The Labute approximate surface area is 203 Å². The van der Waals surface area contributed by atoms with Gasteiger partial charge in [-0.15, -0.1) is 12.3 Å². The zero-order chi connectivity index (χ0) is 24.2. The van der Waals surface area contributed by atoms with Gasteiger partial charge in [-0.2, -0.15) is 0 Å². The van der Waals surface area contributed by atoms with E-state index in [4.69, 9.17) is 11.2 Å². The predicted octanol–water partition coefficient (Wildman–Crippen LogP) is 2.30. The number of benzene rings is 1. The molecule has 2 N–H and O–H groups in total. The Bertz CT molecular complexity index is 845. The highest BCUT2D eigenvalue weighted by Gasteiger charge is 2.31. The molecule has 0 aromatic heterocycles. The molecule has 34 heavy (non-hydrogen) atoms. The number of hydrogen-bond acceptors (Lipinski definition) is 5. The number of nitrogens with zero attached hydrogens (tertiary/aromatic N) is 1. The first-order valence-corrected chi connectivity index (χ1v) is 12.5. The summed E-state index contributed by atoms with van der Waals surface area (Å²) < 4.78 is 5.38. The second-order valence-electron chi connectivity index (χ2n) is 9.28. The van der Waals surface area contributed by atoms with Crippen LogP contribution in [0.25, 0.3) is 0 Å². The molecule has 0 saturated carbocycles. The van der Waals surface area contributed by atoms with Crippen LogP contribution < -0.4 is 10.6 Å². The summed E-state index contributed by atoms with van der Waals surface area (Å²) in [4.78, 5) is 40.0. The molecule has 7 heteroatoms. The molecule has 2 atom stereocenters. The summed E-state index contributed by atoms with van der Waals surface area (Å²) in [5.74, 6) is 2.08. The number of rotatable bonds is 10. The lowest BCUT2D eigenvalue weighted by Crippen LogP contribution is -2.49. The van der Waals surface area contributed by atoms with Crippen molar-refractivity contribution in [2.24, 2.45) is 11.8 Å². The smallest absolute Gasteiger partial charge is 0.329 e. The maximum Gasteiger partial charge on any atom is 0.329 e. The van der Waals surface area contributed by atoms with E-state index in [1.165, 1.54) is 0 Å². The second-order valence-corrected chi connectivity index (χ2v) is 9.28. The van der Waals surface area contributed by atoms with Crippen LogP contribution >= 0.6 is 0 Å². The van der Waals surface area contributed by atoms with Gasteiger partial charge in [0.2, 0.25) is 11.8 Å². The van der Waals surface area contributed by atoms with Crippen molar-refractivity contribution in [3.05, 3.63) is 35.9 Å². The minimum Gasteiger partial charge on any atom is -0.464 e. The summed E-state index contributed by atoms with van der Waals surface area (Å²) in [6.07, 6.45) is 11.3. The van der Waals surface area contributed by atoms with E-state index in [9.17, 15) is 14.4 Å². The van der Waals surface area contributed by atoms with Crippen LogP contribution in [0.2, 0.25) is 0 Å². The number of carbonyl (C=O) groups excluding carboxylic acids is 3. The van der Waals surface area contributed by atoms with Gasteiger partial charge in [0.15, 0.2) is 0 Å². The Kier molecular flexibility index (Phi) is 10.4. The summed E-state index contributed by atoms with van der Waals surface area (Å²) in [5.41, 5.74) is 1.07. The maximum atomic E-state index is 12.9. The number of esters is 1. The number of likely N-dealkylation sites (tertiary alicyclic amines) is 1. The minimum atomic E-state index is -0.876. The molecule has 1 aromatic rings. The quantitative estimate of drug-likeness (QED) is 0.407. The van der Waals surface area contributed by atoms with E-state index in [1.807, 2.05) is 35.2 Å². The average Bonchev–Trinajstić information content (AvgIpc) is 2.88. The van der Waals surface area contributed by atoms with Crippen LogP contribution in [0.5, 0.6) is 0 Å². The van der Waals surface area contributed by atoms with Crippen molar-refractivity contribution >= 4 is 17.8 Å². The molecular weight excluding hydrogens is 430 g/mol. The molecule has 0 aliphatic carbocycles. The summed E-state index contributed by atoms with van der Waals surface area (Å²) >= 11 is 0. The molecule has 2 saturated heterocycles. The van der Waals surface area contributed by atoms with E-state index in [0.29, 0.717) is 38.3 Å². The van der Waals surface area contributed by atoms with E-state index in [-0.39, 0.29) is 30.8 Å². The van der Waals surface area contributed by atoms with E-state index in [2.05, 4.69) is 16.6 Å². The third kappa shape index (κ3) is 8.18. The van der Waals surface area contributed by atoms with Crippen molar-refractivity contribution in [2.75, 3.05) is 32.8 Å². The fraction of sp³-hybridized carbons (Fsp3) is 0.593. The van der Waals surface area contributed by atoms with Crippen molar-refractivity contribution in [3.63, 3.8) is 0 Å². The maximum absolute atomic E-state index is 12.9. The number of piperidine rings is 2. The predicted molar refractivity (Wildman–Crippen MR) is 131 cm³/mol. The van der Waals surface area contributed by atoms with Gasteiger partial charge in [-0.1, -0.05) is 30.3 Å². The fourth-order valence-electron chi connectivity index (χ4n) is 4.69. The first-order chi connectivity index (χ1) is 16.6. The van der Waals surface area contributed by atoms with Gasteiger partial charge in [0.25, 0.3) is 0 Å². The molecule has 1 aromatic carbocycles. The number of carbonyl (C=O) groups is 3. The topological polar surface area (TPSA) is 87.7 Å². The van der Waals surface area contributed by atoms with Crippen molar-refractivity contribution < 1.29 is 19.1 Å². The normalized spacial score (nSPS) is 19.6. The van der Waals surface area contributed by atoms with Crippen molar-refractivity contribution in [1.29, 1.82) is 0 Å². The number of hydrogen-bond donors (Lipinski definition) is 2. The molecule has 2 aliphatic rings. The first-order valence-electron chi connectivity index (χ1n) is 12.5. The highest BCUT2D eigenvalue weighted by atomic mass is 16.5. The third-order valence-electron chi connectivity index (χ3n) is 6.77. The van der Waals surface area contributed by atoms with Crippen molar-refractivity contribution in [3.8, 4) is 12.3 Å². The first kappa shape index (κ1) is 25.8. The fourth-order valence-corrected chi connectivity index (χ4v) is 4.69. The lowest BCUT2D eigenvalue weighted by molar-refractivity contribution is -0.148. The molecule has 184 valence electrons. The molecule has 0 spiro atoms.